The summed E-state index contributed by atoms with van der Waals surface area (Å²) in [7, 11) is 1.38. The molecule has 0 aromatic carbocycles. The molecule has 0 fully saturated rings. The van der Waals surface area contributed by atoms with Crippen molar-refractivity contribution >= 4 is 5.91 Å². The summed E-state index contributed by atoms with van der Waals surface area (Å²) < 4.78 is 4.83. The van der Waals surface area contributed by atoms with Crippen LogP contribution >= 0.6 is 0 Å². The van der Waals surface area contributed by atoms with Crippen LogP contribution in [0.15, 0.2) is 0 Å². The van der Waals surface area contributed by atoms with Crippen molar-refractivity contribution in [1.82, 2.24) is 5.32 Å². The second-order valence-corrected chi connectivity index (χ2v) is 3.95. The predicted octanol–water partition coefficient (Wildman–Crippen LogP) is -1.37. The second-order valence-electron chi connectivity index (χ2n) is 3.95. The van der Waals surface area contributed by atoms with Crippen molar-refractivity contribution in [3.8, 4) is 0 Å². The second kappa shape index (κ2) is 7.56. The van der Waals surface area contributed by atoms with E-state index >= 15 is 0 Å². The van der Waals surface area contributed by atoms with Gasteiger partial charge in [0.2, 0.25) is 0 Å². The van der Waals surface area contributed by atoms with Gasteiger partial charge in [0.15, 0.2) is 6.10 Å². The molecule has 1 amide bonds. The Labute approximate surface area is 95.2 Å². The van der Waals surface area contributed by atoms with E-state index in [-0.39, 0.29) is 19.1 Å². The van der Waals surface area contributed by atoms with E-state index < -0.39 is 24.2 Å². The van der Waals surface area contributed by atoms with Gasteiger partial charge >= 0.3 is 0 Å². The van der Waals surface area contributed by atoms with Crippen molar-refractivity contribution in [2.24, 2.45) is 0 Å². The first-order valence-electron chi connectivity index (χ1n) is 5.22. The third-order valence-electron chi connectivity index (χ3n) is 2.11. The summed E-state index contributed by atoms with van der Waals surface area (Å²) in [4.78, 5) is 11.3. The number of methoxy groups -OCH3 is 1. The number of amides is 1. The van der Waals surface area contributed by atoms with Crippen molar-refractivity contribution in [1.29, 1.82) is 0 Å². The summed E-state index contributed by atoms with van der Waals surface area (Å²) in [6, 6.07) is -0.106. The van der Waals surface area contributed by atoms with Crippen molar-refractivity contribution in [3.63, 3.8) is 0 Å². The molecule has 0 aliphatic carbocycles. The molecule has 0 heterocycles. The van der Waals surface area contributed by atoms with Gasteiger partial charge in [-0.3, -0.25) is 4.79 Å². The zero-order valence-corrected chi connectivity index (χ0v) is 9.88. The van der Waals surface area contributed by atoms with Crippen molar-refractivity contribution in [2.75, 3.05) is 13.7 Å². The largest absolute Gasteiger partial charge is 0.394 e. The highest BCUT2D eigenvalue weighted by molar-refractivity contribution is 5.81. The molecule has 6 nitrogen and oxygen atoms in total. The van der Waals surface area contributed by atoms with Crippen LogP contribution in [0.5, 0.6) is 0 Å². The lowest BCUT2D eigenvalue weighted by Crippen LogP contribution is -2.46. The van der Waals surface area contributed by atoms with Crippen molar-refractivity contribution in [2.45, 2.75) is 44.6 Å². The molecule has 16 heavy (non-hydrogen) atoms. The molecule has 0 radical (unpaired) electrons. The molecule has 4 N–H and O–H groups in total. The summed E-state index contributed by atoms with van der Waals surface area (Å²) in [6.45, 7) is 3.23. The Balaban J connectivity index is 4.15. The number of carbonyl (C=O) groups excluding carboxylic acids is 1. The van der Waals surface area contributed by atoms with Crippen molar-refractivity contribution < 1.29 is 24.9 Å². The fraction of sp³-hybridized carbons (Fsp3) is 0.900. The van der Waals surface area contributed by atoms with E-state index in [1.54, 1.807) is 13.8 Å². The number of carbonyl (C=O) groups is 1. The Hall–Kier alpha value is -0.690. The molecule has 0 aliphatic heterocycles. The SMILES string of the molecule is COC(CO)C[C@H](O)C(O)C(=O)NC(C)C. The number of aliphatic hydroxyl groups is 3. The average Bonchev–Trinajstić information content (AvgIpc) is 2.23. The molecule has 0 aromatic rings. The van der Waals surface area contributed by atoms with Crippen LogP contribution in [0.1, 0.15) is 20.3 Å². The highest BCUT2D eigenvalue weighted by Gasteiger charge is 2.26. The molecule has 0 saturated carbocycles. The quantitative estimate of drug-likeness (QED) is 0.436. The Bertz CT molecular complexity index is 205. The van der Waals surface area contributed by atoms with Crippen LogP contribution in [0.4, 0.5) is 0 Å². The van der Waals surface area contributed by atoms with Gasteiger partial charge in [0.25, 0.3) is 5.91 Å². The number of nitrogens with one attached hydrogen (secondary N) is 1. The summed E-state index contributed by atoms with van der Waals surface area (Å²) >= 11 is 0. The summed E-state index contributed by atoms with van der Waals surface area (Å²) in [6.07, 6.45) is -3.35. The minimum atomic E-state index is -1.51. The monoisotopic (exact) mass is 235 g/mol. The Morgan fingerprint density at radius 2 is 1.94 bits per heavy atom. The van der Waals surface area contributed by atoms with Crippen LogP contribution in [0.25, 0.3) is 0 Å². The fourth-order valence-electron chi connectivity index (χ4n) is 1.19. The van der Waals surface area contributed by atoms with Gasteiger partial charge in [0.05, 0.1) is 18.8 Å². The van der Waals surface area contributed by atoms with Gasteiger partial charge < -0.3 is 25.4 Å². The van der Waals surface area contributed by atoms with E-state index in [1.165, 1.54) is 7.11 Å². The van der Waals surface area contributed by atoms with Gasteiger partial charge in [-0.1, -0.05) is 0 Å². The van der Waals surface area contributed by atoms with E-state index in [9.17, 15) is 15.0 Å². The third kappa shape index (κ3) is 5.41. The minimum Gasteiger partial charge on any atom is -0.394 e. The van der Waals surface area contributed by atoms with E-state index in [4.69, 9.17) is 9.84 Å². The van der Waals surface area contributed by atoms with E-state index in [1.807, 2.05) is 0 Å². The molecule has 3 atom stereocenters. The molecule has 0 rings (SSSR count). The third-order valence-corrected chi connectivity index (χ3v) is 2.11. The maximum absolute atomic E-state index is 11.3. The van der Waals surface area contributed by atoms with Gasteiger partial charge in [-0.25, -0.2) is 0 Å². The lowest BCUT2D eigenvalue weighted by Gasteiger charge is -2.21. The molecule has 0 saturated heterocycles. The molecule has 2 unspecified atom stereocenters. The number of ether oxygens (including phenoxy) is 1. The first-order chi connectivity index (χ1) is 7.42. The predicted molar refractivity (Wildman–Crippen MR) is 57.8 cm³/mol. The number of hydrogen-bond acceptors (Lipinski definition) is 5. The Kier molecular flexibility index (Phi) is 7.24. The first-order valence-corrected chi connectivity index (χ1v) is 5.22. The molecular weight excluding hydrogens is 214 g/mol. The van der Waals surface area contributed by atoms with Gasteiger partial charge in [0, 0.05) is 19.6 Å². The standard InChI is InChI=1S/C10H21NO5/c1-6(2)11-10(15)9(14)8(13)4-7(5-12)16-3/h6-9,12-14H,4-5H2,1-3H3,(H,11,15)/t7?,8-,9?/m0/s1. The number of aliphatic hydroxyl groups excluding tert-OH is 3. The van der Waals surface area contributed by atoms with E-state index in [2.05, 4.69) is 5.32 Å². The molecule has 6 heteroatoms. The molecule has 96 valence electrons. The molecule has 0 aromatic heterocycles. The van der Waals surface area contributed by atoms with Crippen LogP contribution in [0, 0.1) is 0 Å². The molecule has 0 bridgehead atoms. The van der Waals surface area contributed by atoms with Gasteiger partial charge in [-0.05, 0) is 13.8 Å². The van der Waals surface area contributed by atoms with Crippen molar-refractivity contribution in [3.05, 3.63) is 0 Å². The summed E-state index contributed by atoms with van der Waals surface area (Å²) in [5.41, 5.74) is 0. The average molecular weight is 235 g/mol. The van der Waals surface area contributed by atoms with Gasteiger partial charge in [-0.2, -0.15) is 0 Å². The topological polar surface area (TPSA) is 99.0 Å². The van der Waals surface area contributed by atoms with Crippen LogP contribution in [-0.2, 0) is 9.53 Å². The number of rotatable bonds is 7. The van der Waals surface area contributed by atoms with Crippen LogP contribution in [-0.4, -0.2) is 59.3 Å². The maximum Gasteiger partial charge on any atom is 0.251 e. The molecule has 0 aliphatic rings. The summed E-state index contributed by atoms with van der Waals surface area (Å²) in [5, 5.41) is 30.3. The van der Waals surface area contributed by atoms with Gasteiger partial charge in [0.1, 0.15) is 0 Å². The fourth-order valence-corrected chi connectivity index (χ4v) is 1.19. The molecular formula is C10H21NO5. The lowest BCUT2D eigenvalue weighted by atomic mass is 10.1. The van der Waals surface area contributed by atoms with Crippen LogP contribution in [0.2, 0.25) is 0 Å². The highest BCUT2D eigenvalue weighted by Crippen LogP contribution is 2.06. The maximum atomic E-state index is 11.3. The Morgan fingerprint density at radius 1 is 1.38 bits per heavy atom. The normalized spacial score (nSPS) is 16.9. The molecule has 0 spiro atoms. The van der Waals surface area contributed by atoms with E-state index in [0.717, 1.165) is 0 Å². The Morgan fingerprint density at radius 3 is 2.31 bits per heavy atom. The highest BCUT2D eigenvalue weighted by atomic mass is 16.5. The first kappa shape index (κ1) is 15.3. The zero-order valence-electron chi connectivity index (χ0n) is 9.88. The minimum absolute atomic E-state index is 0.000316. The van der Waals surface area contributed by atoms with Gasteiger partial charge in [-0.15, -0.1) is 0 Å². The smallest absolute Gasteiger partial charge is 0.251 e. The zero-order chi connectivity index (χ0) is 12.7. The van der Waals surface area contributed by atoms with E-state index in [0.29, 0.717) is 0 Å². The van der Waals surface area contributed by atoms with Crippen LogP contribution in [0.3, 0.4) is 0 Å². The lowest BCUT2D eigenvalue weighted by molar-refractivity contribution is -0.137. The van der Waals surface area contributed by atoms with Crippen LogP contribution < -0.4 is 5.32 Å². The number of hydrogen-bond donors (Lipinski definition) is 4. The summed E-state index contributed by atoms with van der Waals surface area (Å²) in [5.74, 6) is -0.629.